The highest BCUT2D eigenvalue weighted by Crippen LogP contribution is 2.21. The molecular formula is C11H12N2O. The first kappa shape index (κ1) is 8.97. The quantitative estimate of drug-likeness (QED) is 0.768. The minimum atomic E-state index is 0.172. The molecule has 0 aliphatic heterocycles. The number of aliphatic hydroxyl groups excluding tert-OH is 1. The number of rotatable bonds is 3. The molecule has 0 aliphatic rings. The summed E-state index contributed by atoms with van der Waals surface area (Å²) in [6.07, 6.45) is 2.40. The Morgan fingerprint density at radius 3 is 2.79 bits per heavy atom. The Morgan fingerprint density at radius 1 is 1.21 bits per heavy atom. The van der Waals surface area contributed by atoms with Gasteiger partial charge in [-0.2, -0.15) is 5.10 Å². The summed E-state index contributed by atoms with van der Waals surface area (Å²) >= 11 is 0. The maximum Gasteiger partial charge on any atom is 0.0652 e. The zero-order chi connectivity index (χ0) is 9.80. The van der Waals surface area contributed by atoms with Crippen molar-refractivity contribution in [3.63, 3.8) is 0 Å². The lowest BCUT2D eigenvalue weighted by Crippen LogP contribution is -1.93. The minimum Gasteiger partial charge on any atom is -0.396 e. The van der Waals surface area contributed by atoms with E-state index in [0.717, 1.165) is 16.8 Å². The number of hydrogen-bond acceptors (Lipinski definition) is 2. The van der Waals surface area contributed by atoms with Gasteiger partial charge in [0.05, 0.1) is 5.69 Å². The molecule has 1 heterocycles. The SMILES string of the molecule is OCCc1ccccc1-c1ccn[nH]1. The third-order valence-electron chi connectivity index (χ3n) is 2.19. The molecule has 0 aliphatic carbocycles. The van der Waals surface area contributed by atoms with E-state index in [9.17, 15) is 0 Å². The van der Waals surface area contributed by atoms with Crippen LogP contribution in [-0.4, -0.2) is 21.9 Å². The van der Waals surface area contributed by atoms with Gasteiger partial charge >= 0.3 is 0 Å². The Hall–Kier alpha value is -1.61. The van der Waals surface area contributed by atoms with Crippen LogP contribution in [0.1, 0.15) is 5.56 Å². The van der Waals surface area contributed by atoms with Crippen molar-refractivity contribution in [2.45, 2.75) is 6.42 Å². The molecule has 2 rings (SSSR count). The van der Waals surface area contributed by atoms with Crippen molar-refractivity contribution >= 4 is 0 Å². The topological polar surface area (TPSA) is 48.9 Å². The molecule has 3 nitrogen and oxygen atoms in total. The molecule has 0 spiro atoms. The summed E-state index contributed by atoms with van der Waals surface area (Å²) < 4.78 is 0. The van der Waals surface area contributed by atoms with Crippen molar-refractivity contribution in [3.8, 4) is 11.3 Å². The molecule has 0 saturated carbocycles. The molecule has 0 unspecified atom stereocenters. The molecule has 0 fully saturated rings. The second-order valence-corrected chi connectivity index (χ2v) is 3.10. The van der Waals surface area contributed by atoms with Crippen molar-refractivity contribution in [1.82, 2.24) is 10.2 Å². The van der Waals surface area contributed by atoms with Gasteiger partial charge in [-0.3, -0.25) is 5.10 Å². The monoisotopic (exact) mass is 188 g/mol. The lowest BCUT2D eigenvalue weighted by Gasteiger charge is -2.05. The van der Waals surface area contributed by atoms with Crippen LogP contribution in [0.5, 0.6) is 0 Å². The standard InChI is InChI=1S/C11H12N2O/c14-8-6-9-3-1-2-4-10(9)11-5-7-12-13-11/h1-5,7,14H,6,8H2,(H,12,13). The average molecular weight is 188 g/mol. The Bertz CT molecular complexity index is 395. The van der Waals surface area contributed by atoms with Crippen molar-refractivity contribution in [2.24, 2.45) is 0 Å². The molecule has 14 heavy (non-hydrogen) atoms. The van der Waals surface area contributed by atoms with Gasteiger partial charge in [-0.25, -0.2) is 0 Å². The first-order valence-corrected chi connectivity index (χ1v) is 4.60. The smallest absolute Gasteiger partial charge is 0.0652 e. The van der Waals surface area contributed by atoms with E-state index in [0.29, 0.717) is 6.42 Å². The van der Waals surface area contributed by atoms with Crippen LogP contribution in [0.15, 0.2) is 36.5 Å². The fraction of sp³-hybridized carbons (Fsp3) is 0.182. The summed E-state index contributed by atoms with van der Waals surface area (Å²) in [5.41, 5.74) is 3.24. The van der Waals surface area contributed by atoms with Gasteiger partial charge in [0, 0.05) is 18.4 Å². The Kier molecular flexibility index (Phi) is 2.60. The third kappa shape index (κ3) is 1.67. The summed E-state index contributed by atoms with van der Waals surface area (Å²) in [7, 11) is 0. The maximum atomic E-state index is 8.92. The van der Waals surface area contributed by atoms with Gasteiger partial charge in [-0.15, -0.1) is 0 Å². The summed E-state index contributed by atoms with van der Waals surface area (Å²) in [5, 5.41) is 15.7. The first-order valence-electron chi connectivity index (χ1n) is 4.60. The van der Waals surface area contributed by atoms with Gasteiger partial charge in [0.25, 0.3) is 0 Å². The summed E-state index contributed by atoms with van der Waals surface area (Å²) in [5.74, 6) is 0. The Labute approximate surface area is 82.4 Å². The fourth-order valence-electron chi connectivity index (χ4n) is 1.53. The normalized spacial score (nSPS) is 10.4. The fourth-order valence-corrected chi connectivity index (χ4v) is 1.53. The number of aromatic nitrogens is 2. The predicted molar refractivity (Wildman–Crippen MR) is 54.8 cm³/mol. The Balaban J connectivity index is 2.42. The second-order valence-electron chi connectivity index (χ2n) is 3.10. The molecular weight excluding hydrogens is 176 g/mol. The van der Waals surface area contributed by atoms with Crippen molar-refractivity contribution in [3.05, 3.63) is 42.1 Å². The molecule has 1 aromatic heterocycles. The molecule has 1 aromatic carbocycles. The van der Waals surface area contributed by atoms with E-state index in [2.05, 4.69) is 10.2 Å². The lowest BCUT2D eigenvalue weighted by molar-refractivity contribution is 0.300. The van der Waals surface area contributed by atoms with E-state index in [1.165, 1.54) is 0 Å². The maximum absolute atomic E-state index is 8.92. The summed E-state index contributed by atoms with van der Waals surface area (Å²) in [4.78, 5) is 0. The molecule has 3 heteroatoms. The summed E-state index contributed by atoms with van der Waals surface area (Å²) in [6.45, 7) is 0.172. The van der Waals surface area contributed by atoms with Crippen LogP contribution in [0.4, 0.5) is 0 Å². The summed E-state index contributed by atoms with van der Waals surface area (Å²) in [6, 6.07) is 9.93. The minimum absolute atomic E-state index is 0.172. The van der Waals surface area contributed by atoms with Crippen LogP contribution in [-0.2, 0) is 6.42 Å². The predicted octanol–water partition coefficient (Wildman–Crippen LogP) is 1.61. The van der Waals surface area contributed by atoms with Crippen LogP contribution < -0.4 is 0 Å². The van der Waals surface area contributed by atoms with E-state index in [1.807, 2.05) is 30.3 Å². The van der Waals surface area contributed by atoms with E-state index >= 15 is 0 Å². The van der Waals surface area contributed by atoms with Gasteiger partial charge < -0.3 is 5.11 Å². The van der Waals surface area contributed by atoms with Crippen LogP contribution in [0.25, 0.3) is 11.3 Å². The van der Waals surface area contributed by atoms with E-state index in [-0.39, 0.29) is 6.61 Å². The van der Waals surface area contributed by atoms with Gasteiger partial charge in [0.2, 0.25) is 0 Å². The lowest BCUT2D eigenvalue weighted by atomic mass is 10.0. The zero-order valence-electron chi connectivity index (χ0n) is 7.77. The molecule has 0 amide bonds. The van der Waals surface area contributed by atoms with Crippen molar-refractivity contribution < 1.29 is 5.11 Å². The molecule has 0 bridgehead atoms. The van der Waals surface area contributed by atoms with Crippen molar-refractivity contribution in [2.75, 3.05) is 6.61 Å². The largest absolute Gasteiger partial charge is 0.396 e. The number of benzene rings is 1. The van der Waals surface area contributed by atoms with Crippen molar-refractivity contribution in [1.29, 1.82) is 0 Å². The number of aliphatic hydroxyl groups is 1. The van der Waals surface area contributed by atoms with Gasteiger partial charge in [-0.05, 0) is 18.1 Å². The number of hydrogen-bond donors (Lipinski definition) is 2. The van der Waals surface area contributed by atoms with Crippen LogP contribution in [0.3, 0.4) is 0 Å². The molecule has 2 aromatic rings. The number of nitrogens with one attached hydrogen (secondary N) is 1. The van der Waals surface area contributed by atoms with Gasteiger partial charge in [0.1, 0.15) is 0 Å². The average Bonchev–Trinajstić information content (AvgIpc) is 2.72. The Morgan fingerprint density at radius 2 is 2.07 bits per heavy atom. The highest BCUT2D eigenvalue weighted by atomic mass is 16.2. The molecule has 2 N–H and O–H groups in total. The second kappa shape index (κ2) is 4.07. The van der Waals surface area contributed by atoms with Crippen LogP contribution in [0, 0.1) is 0 Å². The molecule has 0 saturated heterocycles. The third-order valence-corrected chi connectivity index (χ3v) is 2.19. The van der Waals surface area contributed by atoms with Gasteiger partial charge in [-0.1, -0.05) is 24.3 Å². The van der Waals surface area contributed by atoms with E-state index in [1.54, 1.807) is 6.20 Å². The molecule has 72 valence electrons. The number of H-pyrrole nitrogens is 1. The van der Waals surface area contributed by atoms with Crippen LogP contribution in [0.2, 0.25) is 0 Å². The first-order chi connectivity index (χ1) is 6.92. The van der Waals surface area contributed by atoms with Gasteiger partial charge in [0.15, 0.2) is 0 Å². The van der Waals surface area contributed by atoms with Crippen LogP contribution >= 0.6 is 0 Å². The zero-order valence-corrected chi connectivity index (χ0v) is 7.77. The number of nitrogens with zero attached hydrogens (tertiary/aromatic N) is 1. The van der Waals surface area contributed by atoms with E-state index in [4.69, 9.17) is 5.11 Å². The molecule has 0 atom stereocenters. The van der Waals surface area contributed by atoms with E-state index < -0.39 is 0 Å². The number of aromatic amines is 1. The molecule has 0 radical (unpaired) electrons. The highest BCUT2D eigenvalue weighted by Gasteiger charge is 2.04. The highest BCUT2D eigenvalue weighted by molar-refractivity contribution is 5.63.